The van der Waals surface area contributed by atoms with Crippen molar-refractivity contribution in [3.05, 3.63) is 58.8 Å². The van der Waals surface area contributed by atoms with Crippen molar-refractivity contribution < 1.29 is 15.9 Å². The molecule has 2 heterocycles. The number of fused-ring (bicyclic) bond motifs is 5. The van der Waals surface area contributed by atoms with Gasteiger partial charge < -0.3 is 0 Å². The van der Waals surface area contributed by atoms with E-state index in [0.29, 0.717) is 10.0 Å². The third-order valence-corrected chi connectivity index (χ3v) is 4.15. The molecule has 0 bridgehead atoms. The third kappa shape index (κ3) is 4.37. The molecule has 2 aromatic heterocycles. The van der Waals surface area contributed by atoms with Crippen molar-refractivity contribution in [1.82, 2.24) is 9.97 Å². The van der Waals surface area contributed by atoms with Gasteiger partial charge in [-0.1, -0.05) is 61.3 Å². The number of hydrogen-bond donors (Lipinski definition) is 0. The molecule has 0 amide bonds. The molecule has 0 unspecified atom stereocenters. The van der Waals surface area contributed by atoms with E-state index in [1.807, 2.05) is 38.1 Å². The Balaban J connectivity index is 0.000000410. The Hall–Kier alpha value is -0.658. The summed E-state index contributed by atoms with van der Waals surface area (Å²) in [6, 6.07) is 11.6. The maximum atomic E-state index is 6.25. The number of rotatable bonds is 0. The molecule has 0 aliphatic rings. The number of pyridine rings is 2. The number of benzene rings is 2. The molecule has 0 fully saturated rings. The van der Waals surface area contributed by atoms with Crippen molar-refractivity contribution in [2.45, 2.75) is 13.8 Å². The molecule has 2 nitrogen and oxygen atoms in total. The molecule has 4 aromatic rings. The first-order valence-corrected chi connectivity index (χ1v) is 12.2. The molecule has 0 radical (unpaired) electrons. The molecule has 0 N–H and O–H groups in total. The topological polar surface area (TPSA) is 25.8 Å². The van der Waals surface area contributed by atoms with Gasteiger partial charge in [0.25, 0.3) is 0 Å². The Morgan fingerprint density at radius 2 is 1.12 bits per heavy atom. The van der Waals surface area contributed by atoms with Gasteiger partial charge in [0.05, 0.1) is 21.1 Å². The molecular weight excluding hydrogens is 492 g/mol. The van der Waals surface area contributed by atoms with Crippen LogP contribution in [0.25, 0.3) is 32.6 Å². The van der Waals surface area contributed by atoms with E-state index in [0.717, 1.165) is 32.6 Å². The molecule has 0 saturated heterocycles. The first kappa shape index (κ1) is 20.7. The average molecular weight is 507 g/mol. The third-order valence-electron chi connectivity index (χ3n) is 3.50. The predicted octanol–water partition coefficient (Wildman–Crippen LogP) is 7.65. The van der Waals surface area contributed by atoms with Crippen LogP contribution in [0.3, 0.4) is 0 Å². The Kier molecular flexibility index (Phi) is 8.16. The van der Waals surface area contributed by atoms with Crippen LogP contribution < -0.4 is 0 Å². The molecule has 25 heavy (non-hydrogen) atoms. The van der Waals surface area contributed by atoms with Gasteiger partial charge in [-0.2, -0.15) is 0 Å². The van der Waals surface area contributed by atoms with Crippen molar-refractivity contribution in [1.29, 1.82) is 0 Å². The Bertz CT molecular complexity index is 932. The van der Waals surface area contributed by atoms with Gasteiger partial charge in [0.2, 0.25) is 0 Å². The van der Waals surface area contributed by atoms with E-state index >= 15 is 0 Å². The first-order chi connectivity index (χ1) is 12.2. The molecule has 0 spiro atoms. The fraction of sp³-hybridized carbons (Fsp3) is 0.111. The zero-order chi connectivity index (χ0) is 18.4. The summed E-state index contributed by atoms with van der Waals surface area (Å²) in [5.41, 5.74) is 1.71. The van der Waals surface area contributed by atoms with E-state index in [-0.39, 0.29) is 15.9 Å². The van der Waals surface area contributed by atoms with Crippen LogP contribution in [0.1, 0.15) is 13.8 Å². The van der Waals surface area contributed by atoms with Gasteiger partial charge in [-0.25, -0.2) is 0 Å². The predicted molar refractivity (Wildman–Crippen MR) is 108 cm³/mol. The van der Waals surface area contributed by atoms with Crippen LogP contribution in [0.5, 0.6) is 0 Å². The monoisotopic (exact) mass is 504 g/mol. The van der Waals surface area contributed by atoms with E-state index in [1.54, 1.807) is 24.5 Å². The second-order valence-corrected chi connectivity index (χ2v) is 7.83. The fourth-order valence-corrected chi connectivity index (χ4v) is 2.99. The van der Waals surface area contributed by atoms with Gasteiger partial charge in [0, 0.05) is 28.6 Å². The standard InChI is InChI=1S/C16H8Cl2N2.C2H6.2ClH.Pd/c17-12-5-7-19-15-10(12)3-1-9-2-4-11-13(18)6-8-20-16(11)14(9)15;1-2;;;/h1-8H;1-2H3;2*1H;/q;;;;+2/p-2. The molecule has 134 valence electrons. The molecule has 2 aromatic carbocycles. The second-order valence-electron chi connectivity index (χ2n) is 4.65. The van der Waals surface area contributed by atoms with Crippen molar-refractivity contribution in [2.24, 2.45) is 0 Å². The fourth-order valence-electron chi connectivity index (χ4n) is 2.57. The minimum absolute atomic E-state index is 0.106. The van der Waals surface area contributed by atoms with E-state index in [4.69, 9.17) is 42.3 Å². The van der Waals surface area contributed by atoms with E-state index in [1.165, 1.54) is 0 Å². The Labute approximate surface area is 172 Å². The van der Waals surface area contributed by atoms with E-state index in [9.17, 15) is 0 Å². The van der Waals surface area contributed by atoms with Crippen molar-refractivity contribution in [3.8, 4) is 0 Å². The van der Waals surface area contributed by atoms with Crippen molar-refractivity contribution >= 4 is 74.8 Å². The normalized spacial score (nSPS) is 10.3. The van der Waals surface area contributed by atoms with Gasteiger partial charge in [0.15, 0.2) is 0 Å². The number of nitrogens with zero attached hydrogens (tertiary/aromatic N) is 2. The zero-order valence-corrected chi connectivity index (χ0v) is 17.9. The summed E-state index contributed by atoms with van der Waals surface area (Å²) in [7, 11) is 9.63. The summed E-state index contributed by atoms with van der Waals surface area (Å²) in [5.74, 6) is 0. The van der Waals surface area contributed by atoms with Crippen LogP contribution in [0.4, 0.5) is 0 Å². The molecule has 4 rings (SSSR count). The quantitative estimate of drug-likeness (QED) is 0.181. The SMILES string of the molecule is CC.Clc1ccnc2c1ccc1ccc3c(Cl)ccnc3c12.[Cl][Pd][Cl]. The summed E-state index contributed by atoms with van der Waals surface area (Å²) in [5, 5.41) is 5.30. The van der Waals surface area contributed by atoms with E-state index < -0.39 is 0 Å². The second kappa shape index (κ2) is 9.88. The summed E-state index contributed by atoms with van der Waals surface area (Å²) < 4.78 is 0. The average Bonchev–Trinajstić information content (AvgIpc) is 2.64. The molecular formula is C18H14Cl4N2Pd. The van der Waals surface area contributed by atoms with Crippen LogP contribution >= 0.6 is 42.3 Å². The molecule has 0 aliphatic carbocycles. The van der Waals surface area contributed by atoms with E-state index in [2.05, 4.69) is 9.97 Å². The van der Waals surface area contributed by atoms with Crippen LogP contribution in [0.15, 0.2) is 48.8 Å². The first-order valence-electron chi connectivity index (χ1n) is 7.40. The number of aromatic nitrogens is 2. The maximum absolute atomic E-state index is 6.25. The summed E-state index contributed by atoms with van der Waals surface area (Å²) >= 11 is 12.4. The van der Waals surface area contributed by atoms with Gasteiger partial charge in [-0.15, -0.1) is 0 Å². The number of halogens is 4. The molecule has 0 atom stereocenters. The van der Waals surface area contributed by atoms with Gasteiger partial charge in [-0.05, 0) is 17.5 Å². The minimum atomic E-state index is -0.106. The van der Waals surface area contributed by atoms with Gasteiger partial charge >= 0.3 is 35.0 Å². The molecule has 0 aliphatic heterocycles. The van der Waals surface area contributed by atoms with Crippen LogP contribution in [-0.4, -0.2) is 9.97 Å². The summed E-state index contributed by atoms with van der Waals surface area (Å²) in [4.78, 5) is 8.96. The van der Waals surface area contributed by atoms with Crippen LogP contribution in [0.2, 0.25) is 10.0 Å². The Morgan fingerprint density at radius 3 is 1.52 bits per heavy atom. The Morgan fingerprint density at radius 1 is 0.720 bits per heavy atom. The zero-order valence-electron chi connectivity index (χ0n) is 13.3. The van der Waals surface area contributed by atoms with Crippen LogP contribution in [0, 0.1) is 0 Å². The van der Waals surface area contributed by atoms with Gasteiger partial charge in [-0.3, -0.25) is 9.97 Å². The van der Waals surface area contributed by atoms with Gasteiger partial charge in [0.1, 0.15) is 0 Å². The van der Waals surface area contributed by atoms with Crippen LogP contribution in [-0.2, 0) is 15.9 Å². The molecule has 7 heteroatoms. The summed E-state index contributed by atoms with van der Waals surface area (Å²) in [6.45, 7) is 4.00. The molecule has 0 saturated carbocycles. The summed E-state index contributed by atoms with van der Waals surface area (Å²) in [6.07, 6.45) is 3.43. The van der Waals surface area contributed by atoms with Crippen molar-refractivity contribution in [2.75, 3.05) is 0 Å². The number of hydrogen-bond acceptors (Lipinski definition) is 2. The van der Waals surface area contributed by atoms with Crippen molar-refractivity contribution in [3.63, 3.8) is 0 Å².